The molecular weight excluding hydrogens is 405 g/mol. The molecule has 0 radical (unpaired) electrons. The molecule has 1 atom stereocenters. The van der Waals surface area contributed by atoms with Crippen LogP contribution in [0.25, 0.3) is 0 Å². The quantitative estimate of drug-likeness (QED) is 0.689. The third-order valence-corrected chi connectivity index (χ3v) is 5.38. The lowest BCUT2D eigenvalue weighted by molar-refractivity contribution is -0.122. The van der Waals surface area contributed by atoms with Crippen LogP contribution in [0.5, 0.6) is 0 Å². The highest BCUT2D eigenvalue weighted by Gasteiger charge is 2.16. The molecule has 3 rings (SSSR count). The van der Waals surface area contributed by atoms with Crippen LogP contribution < -0.4 is 11.1 Å². The second-order valence-corrected chi connectivity index (χ2v) is 7.79. The molecule has 6 heteroatoms. The maximum absolute atomic E-state index is 12.3. The van der Waals surface area contributed by atoms with Crippen LogP contribution in [0.15, 0.2) is 54.6 Å². The highest BCUT2D eigenvalue weighted by atomic mass is 35.5. The van der Waals surface area contributed by atoms with Gasteiger partial charge in [-0.2, -0.15) is 0 Å². The van der Waals surface area contributed by atoms with E-state index in [2.05, 4.69) is 41.4 Å². The van der Waals surface area contributed by atoms with Gasteiger partial charge in [0.05, 0.1) is 6.04 Å². The van der Waals surface area contributed by atoms with Crippen molar-refractivity contribution in [3.63, 3.8) is 0 Å². The average Bonchev–Trinajstić information content (AvgIpc) is 2.69. The third-order valence-electron chi connectivity index (χ3n) is 5.38. The van der Waals surface area contributed by atoms with Crippen molar-refractivity contribution in [3.8, 4) is 0 Å². The van der Waals surface area contributed by atoms with Gasteiger partial charge in [-0.1, -0.05) is 61.5 Å². The number of nitrogens with zero attached hydrogens (tertiary/aromatic N) is 1. The molecule has 3 N–H and O–H groups in total. The molecule has 0 saturated carbocycles. The van der Waals surface area contributed by atoms with Crippen molar-refractivity contribution in [2.45, 2.75) is 45.3 Å². The van der Waals surface area contributed by atoms with Crippen molar-refractivity contribution in [3.05, 3.63) is 71.3 Å². The van der Waals surface area contributed by atoms with Crippen LogP contribution in [0.4, 0.5) is 0 Å². The Labute approximate surface area is 187 Å². The van der Waals surface area contributed by atoms with Crippen LogP contribution in [-0.2, 0) is 24.3 Å². The van der Waals surface area contributed by atoms with Crippen LogP contribution >= 0.6 is 24.8 Å². The number of likely N-dealkylation sites (tertiary alicyclic amines) is 1. The Morgan fingerprint density at radius 2 is 1.66 bits per heavy atom. The second-order valence-electron chi connectivity index (χ2n) is 7.79. The molecule has 0 aliphatic carbocycles. The molecular formula is C23H33Cl2N3O. The summed E-state index contributed by atoms with van der Waals surface area (Å²) in [5.41, 5.74) is 9.57. The van der Waals surface area contributed by atoms with Crippen LogP contribution in [0, 0.1) is 5.92 Å². The Morgan fingerprint density at radius 1 is 1.03 bits per heavy atom. The van der Waals surface area contributed by atoms with Crippen LogP contribution in [0.2, 0.25) is 0 Å². The van der Waals surface area contributed by atoms with E-state index in [4.69, 9.17) is 5.73 Å². The first-order chi connectivity index (χ1) is 13.1. The Bertz CT molecular complexity index is 734. The molecule has 0 spiro atoms. The van der Waals surface area contributed by atoms with E-state index in [0.29, 0.717) is 13.0 Å². The Kier molecular flexibility index (Phi) is 11.3. The Hall–Kier alpha value is -1.59. The smallest absolute Gasteiger partial charge is 0.237 e. The van der Waals surface area contributed by atoms with E-state index in [9.17, 15) is 4.79 Å². The summed E-state index contributed by atoms with van der Waals surface area (Å²) in [5.74, 6) is 0.747. The fourth-order valence-electron chi connectivity index (χ4n) is 3.60. The van der Waals surface area contributed by atoms with Crippen LogP contribution in [0.3, 0.4) is 0 Å². The maximum atomic E-state index is 12.3. The zero-order valence-corrected chi connectivity index (χ0v) is 18.7. The van der Waals surface area contributed by atoms with Gasteiger partial charge in [-0.25, -0.2) is 0 Å². The van der Waals surface area contributed by atoms with E-state index in [-0.39, 0.29) is 30.7 Å². The van der Waals surface area contributed by atoms with Gasteiger partial charge < -0.3 is 11.1 Å². The van der Waals surface area contributed by atoms with Gasteiger partial charge in [0.15, 0.2) is 0 Å². The summed E-state index contributed by atoms with van der Waals surface area (Å²) < 4.78 is 0. The van der Waals surface area contributed by atoms with Gasteiger partial charge in [0.25, 0.3) is 0 Å². The van der Waals surface area contributed by atoms with E-state index < -0.39 is 6.04 Å². The first-order valence-corrected chi connectivity index (χ1v) is 9.97. The standard InChI is InChI=1S/C23H31N3O.2ClH/c1-18-10-12-26(13-11-18)17-21-9-5-8-20(14-21)16-25-23(27)22(24)15-19-6-3-2-4-7-19;;/h2-9,14,18,22H,10-13,15-17,24H2,1H3,(H,25,27);2*1H. The van der Waals surface area contributed by atoms with E-state index in [1.54, 1.807) is 0 Å². The minimum absolute atomic E-state index is 0. The molecule has 1 heterocycles. The first kappa shape index (κ1) is 25.4. The minimum atomic E-state index is -0.522. The van der Waals surface area contributed by atoms with Gasteiger partial charge in [0, 0.05) is 13.1 Å². The largest absolute Gasteiger partial charge is 0.351 e. The topological polar surface area (TPSA) is 58.4 Å². The number of carbonyl (C=O) groups is 1. The van der Waals surface area contributed by atoms with Gasteiger partial charge >= 0.3 is 0 Å². The molecule has 1 saturated heterocycles. The SMILES string of the molecule is CC1CCN(Cc2cccc(CNC(=O)C(N)Cc3ccccc3)c2)CC1.Cl.Cl. The fraction of sp³-hybridized carbons (Fsp3) is 0.435. The molecule has 1 aliphatic rings. The number of rotatable bonds is 7. The van der Waals surface area contributed by atoms with Gasteiger partial charge in [0.1, 0.15) is 0 Å². The molecule has 1 unspecified atom stereocenters. The summed E-state index contributed by atoms with van der Waals surface area (Å²) in [4.78, 5) is 14.8. The maximum Gasteiger partial charge on any atom is 0.237 e. The number of nitrogens with one attached hydrogen (secondary N) is 1. The van der Waals surface area contributed by atoms with Gasteiger partial charge in [-0.05, 0) is 55.0 Å². The number of amides is 1. The monoisotopic (exact) mass is 437 g/mol. The summed E-state index contributed by atoms with van der Waals surface area (Å²) in [6, 6.07) is 17.9. The third kappa shape index (κ3) is 8.35. The number of halogens is 2. The summed E-state index contributed by atoms with van der Waals surface area (Å²) >= 11 is 0. The van der Waals surface area contributed by atoms with Crippen LogP contribution in [0.1, 0.15) is 36.5 Å². The summed E-state index contributed by atoms with van der Waals surface area (Å²) in [6.45, 7) is 6.20. The zero-order valence-electron chi connectivity index (χ0n) is 17.0. The van der Waals surface area contributed by atoms with Crippen molar-refractivity contribution in [2.75, 3.05) is 13.1 Å². The van der Waals surface area contributed by atoms with E-state index >= 15 is 0 Å². The van der Waals surface area contributed by atoms with Crippen molar-refractivity contribution in [2.24, 2.45) is 11.7 Å². The number of hydrogen-bond acceptors (Lipinski definition) is 3. The van der Waals surface area contributed by atoms with E-state index in [0.717, 1.165) is 23.6 Å². The number of benzene rings is 2. The highest BCUT2D eigenvalue weighted by Crippen LogP contribution is 2.18. The molecule has 0 aromatic heterocycles. The molecule has 1 fully saturated rings. The minimum Gasteiger partial charge on any atom is -0.351 e. The number of nitrogens with two attached hydrogens (primary N) is 1. The molecule has 1 amide bonds. The molecule has 2 aromatic rings. The summed E-state index contributed by atoms with van der Waals surface area (Å²) in [5, 5.41) is 2.98. The lowest BCUT2D eigenvalue weighted by atomic mass is 9.98. The normalized spacial score (nSPS) is 15.7. The van der Waals surface area contributed by atoms with Gasteiger partial charge in [-0.3, -0.25) is 9.69 Å². The van der Waals surface area contributed by atoms with Crippen molar-refractivity contribution in [1.82, 2.24) is 10.2 Å². The van der Waals surface area contributed by atoms with Crippen molar-refractivity contribution in [1.29, 1.82) is 0 Å². The predicted octanol–water partition coefficient (Wildman–Crippen LogP) is 3.95. The molecule has 0 bridgehead atoms. The van der Waals surface area contributed by atoms with Gasteiger partial charge in [-0.15, -0.1) is 24.8 Å². The lowest BCUT2D eigenvalue weighted by Crippen LogP contribution is -2.41. The number of carbonyl (C=O) groups excluding carboxylic acids is 1. The second kappa shape index (κ2) is 12.9. The average molecular weight is 438 g/mol. The summed E-state index contributed by atoms with van der Waals surface area (Å²) in [7, 11) is 0. The van der Waals surface area contributed by atoms with Crippen molar-refractivity contribution < 1.29 is 4.79 Å². The molecule has 4 nitrogen and oxygen atoms in total. The molecule has 1 aliphatic heterocycles. The van der Waals surface area contributed by atoms with Gasteiger partial charge in [0.2, 0.25) is 5.91 Å². The molecule has 29 heavy (non-hydrogen) atoms. The van der Waals surface area contributed by atoms with Crippen molar-refractivity contribution >= 4 is 30.7 Å². The Morgan fingerprint density at radius 3 is 2.34 bits per heavy atom. The first-order valence-electron chi connectivity index (χ1n) is 9.97. The Balaban J connectivity index is 0.00000210. The van der Waals surface area contributed by atoms with Crippen LogP contribution in [-0.4, -0.2) is 29.9 Å². The highest BCUT2D eigenvalue weighted by molar-refractivity contribution is 5.85. The molecule has 160 valence electrons. The van der Waals surface area contributed by atoms with E-state index in [1.807, 2.05) is 30.3 Å². The molecule has 2 aromatic carbocycles. The predicted molar refractivity (Wildman–Crippen MR) is 125 cm³/mol. The van der Waals surface area contributed by atoms with E-state index in [1.165, 1.54) is 31.5 Å². The number of hydrogen-bond donors (Lipinski definition) is 2. The summed E-state index contributed by atoms with van der Waals surface area (Å²) in [6.07, 6.45) is 3.13. The number of piperidine rings is 1. The lowest BCUT2D eigenvalue weighted by Gasteiger charge is -2.30. The zero-order chi connectivity index (χ0) is 19.1. The fourth-order valence-corrected chi connectivity index (χ4v) is 3.60.